The lowest BCUT2D eigenvalue weighted by Gasteiger charge is -2.17. The fourth-order valence-corrected chi connectivity index (χ4v) is 4.67. The number of thiophene rings is 1. The van der Waals surface area contributed by atoms with Gasteiger partial charge in [-0.1, -0.05) is 29.8 Å². The zero-order valence-electron chi connectivity index (χ0n) is 14.9. The van der Waals surface area contributed by atoms with Gasteiger partial charge >= 0.3 is 0 Å². The van der Waals surface area contributed by atoms with E-state index in [2.05, 4.69) is 4.99 Å². The molecule has 7 heteroatoms. The first kappa shape index (κ1) is 17.7. The molecule has 142 valence electrons. The van der Waals surface area contributed by atoms with Crippen LogP contribution in [0.3, 0.4) is 0 Å². The molecule has 0 saturated carbocycles. The predicted octanol–water partition coefficient (Wildman–Crippen LogP) is 5.69. The van der Waals surface area contributed by atoms with Crippen LogP contribution in [0.1, 0.15) is 10.6 Å². The van der Waals surface area contributed by atoms with Crippen molar-refractivity contribution in [3.63, 3.8) is 0 Å². The summed E-state index contributed by atoms with van der Waals surface area (Å²) in [5, 5.41) is 11.1. The van der Waals surface area contributed by atoms with Gasteiger partial charge in [-0.3, -0.25) is 9.69 Å². The Labute approximate surface area is 174 Å². The zero-order valence-corrected chi connectivity index (χ0v) is 16.4. The highest BCUT2D eigenvalue weighted by Gasteiger charge is 2.35. The van der Waals surface area contributed by atoms with Gasteiger partial charge in [-0.15, -0.1) is 11.3 Å². The lowest BCUT2D eigenvalue weighted by atomic mass is 10.2. The van der Waals surface area contributed by atoms with Crippen LogP contribution in [0.5, 0.6) is 5.75 Å². The topological polar surface area (TPSA) is 66.0 Å². The Morgan fingerprint density at radius 1 is 1.07 bits per heavy atom. The fourth-order valence-electron chi connectivity index (χ4n) is 3.18. The number of furan rings is 1. The van der Waals surface area contributed by atoms with Crippen LogP contribution in [0.25, 0.3) is 16.2 Å². The molecule has 5 nitrogen and oxygen atoms in total. The summed E-state index contributed by atoms with van der Waals surface area (Å²) in [7, 11) is 0. The molecule has 0 aliphatic carbocycles. The molecule has 5 rings (SSSR count). The summed E-state index contributed by atoms with van der Waals surface area (Å²) in [6.45, 7) is 0. The van der Waals surface area contributed by atoms with Gasteiger partial charge in [0, 0.05) is 16.2 Å². The van der Waals surface area contributed by atoms with E-state index in [0.717, 1.165) is 10.1 Å². The van der Waals surface area contributed by atoms with E-state index in [9.17, 15) is 9.90 Å². The van der Waals surface area contributed by atoms with Gasteiger partial charge < -0.3 is 9.52 Å². The highest BCUT2D eigenvalue weighted by molar-refractivity contribution is 7.21. The van der Waals surface area contributed by atoms with Crippen molar-refractivity contribution in [2.24, 2.45) is 4.99 Å². The van der Waals surface area contributed by atoms with Gasteiger partial charge in [-0.25, -0.2) is 4.99 Å². The standard InChI is InChI=1S/C22H13ClN2O3S/c23-19-16-5-1-2-6-18(16)29-20(19)21-24-17(12-15-4-3-11-28-15)22(27)25(21)13-7-9-14(26)10-8-13/h1-12,26H/b17-12+. The summed E-state index contributed by atoms with van der Waals surface area (Å²) < 4.78 is 6.35. The minimum absolute atomic E-state index is 0.116. The summed E-state index contributed by atoms with van der Waals surface area (Å²) in [6.07, 6.45) is 3.14. The van der Waals surface area contributed by atoms with Crippen LogP contribution in [-0.2, 0) is 4.79 Å². The van der Waals surface area contributed by atoms with Crippen molar-refractivity contribution in [1.82, 2.24) is 0 Å². The third-order valence-electron chi connectivity index (χ3n) is 4.53. The number of hydrogen-bond donors (Lipinski definition) is 1. The van der Waals surface area contributed by atoms with Gasteiger partial charge in [0.1, 0.15) is 17.2 Å². The Morgan fingerprint density at radius 2 is 1.86 bits per heavy atom. The number of fused-ring (bicyclic) bond motifs is 1. The van der Waals surface area contributed by atoms with Crippen LogP contribution < -0.4 is 4.90 Å². The molecule has 1 N–H and O–H groups in total. The Hall–Kier alpha value is -3.35. The predicted molar refractivity (Wildman–Crippen MR) is 116 cm³/mol. The Balaban J connectivity index is 1.70. The first-order valence-corrected chi connectivity index (χ1v) is 9.96. The SMILES string of the molecule is O=C1/C(=C\c2ccco2)N=C(c2sc3ccccc3c2Cl)N1c1ccc(O)cc1. The molecule has 0 atom stereocenters. The van der Waals surface area contributed by atoms with Crippen molar-refractivity contribution in [3.8, 4) is 5.75 Å². The number of aromatic hydroxyl groups is 1. The van der Waals surface area contributed by atoms with Crippen LogP contribution in [0, 0.1) is 0 Å². The van der Waals surface area contributed by atoms with Crippen molar-refractivity contribution in [3.05, 3.63) is 88.3 Å². The summed E-state index contributed by atoms with van der Waals surface area (Å²) in [6, 6.07) is 17.7. The minimum Gasteiger partial charge on any atom is -0.508 e. The number of carbonyl (C=O) groups excluding carboxylic acids is 1. The van der Waals surface area contributed by atoms with Crippen molar-refractivity contribution in [2.75, 3.05) is 4.90 Å². The second-order valence-corrected chi connectivity index (χ2v) is 7.81. The van der Waals surface area contributed by atoms with Crippen molar-refractivity contribution in [2.45, 2.75) is 0 Å². The van der Waals surface area contributed by atoms with Gasteiger partial charge in [0.15, 0.2) is 5.84 Å². The monoisotopic (exact) mass is 420 g/mol. The molecule has 0 radical (unpaired) electrons. The van der Waals surface area contributed by atoms with Gasteiger partial charge in [0.05, 0.1) is 21.9 Å². The molecule has 4 aromatic rings. The van der Waals surface area contributed by atoms with E-state index in [-0.39, 0.29) is 17.4 Å². The van der Waals surface area contributed by atoms with Gasteiger partial charge in [0.2, 0.25) is 0 Å². The van der Waals surface area contributed by atoms with Crippen LogP contribution >= 0.6 is 22.9 Å². The van der Waals surface area contributed by atoms with E-state index in [1.807, 2.05) is 24.3 Å². The number of amides is 1. The largest absolute Gasteiger partial charge is 0.508 e. The maximum atomic E-state index is 13.2. The Bertz CT molecular complexity index is 1290. The fraction of sp³-hybridized carbons (Fsp3) is 0. The molecular formula is C22H13ClN2O3S. The third-order valence-corrected chi connectivity index (χ3v) is 6.20. The number of hydrogen-bond acceptors (Lipinski definition) is 5. The zero-order chi connectivity index (χ0) is 20.0. The van der Waals surface area contributed by atoms with Crippen molar-refractivity contribution < 1.29 is 14.3 Å². The molecule has 1 aliphatic rings. The quantitative estimate of drug-likeness (QED) is 0.433. The highest BCUT2D eigenvalue weighted by atomic mass is 35.5. The van der Waals surface area contributed by atoms with Gasteiger partial charge in [-0.05, 0) is 42.5 Å². The van der Waals surface area contributed by atoms with E-state index < -0.39 is 0 Å². The number of phenolic OH excluding ortho intramolecular Hbond substituents is 1. The first-order chi connectivity index (χ1) is 14.1. The van der Waals surface area contributed by atoms with Crippen molar-refractivity contribution in [1.29, 1.82) is 0 Å². The van der Waals surface area contributed by atoms with E-state index in [0.29, 0.717) is 27.2 Å². The summed E-state index contributed by atoms with van der Waals surface area (Å²) in [4.78, 5) is 20.0. The number of aliphatic imine (C=N–C) groups is 1. The molecule has 1 amide bonds. The second kappa shape index (κ2) is 6.92. The molecule has 0 fully saturated rings. The number of carbonyl (C=O) groups is 1. The summed E-state index contributed by atoms with van der Waals surface area (Å²) in [5.74, 6) is 0.803. The molecule has 3 heterocycles. The number of anilines is 1. The number of amidine groups is 1. The van der Waals surface area contributed by atoms with Crippen LogP contribution in [0.4, 0.5) is 5.69 Å². The van der Waals surface area contributed by atoms with Gasteiger partial charge in [0.25, 0.3) is 5.91 Å². The average molecular weight is 421 g/mol. The molecule has 0 spiro atoms. The molecule has 2 aromatic heterocycles. The number of rotatable bonds is 3. The molecule has 2 aromatic carbocycles. The van der Waals surface area contributed by atoms with Crippen molar-refractivity contribution >= 4 is 56.5 Å². The normalized spacial score (nSPS) is 15.5. The lowest BCUT2D eigenvalue weighted by Crippen LogP contribution is -2.32. The number of halogens is 1. The van der Waals surface area contributed by atoms with Crippen LogP contribution in [0.2, 0.25) is 5.02 Å². The molecule has 0 unspecified atom stereocenters. The van der Waals surface area contributed by atoms with E-state index in [1.165, 1.54) is 34.6 Å². The maximum absolute atomic E-state index is 13.2. The van der Waals surface area contributed by atoms with E-state index >= 15 is 0 Å². The average Bonchev–Trinajstić information content (AvgIpc) is 3.43. The summed E-state index contributed by atoms with van der Waals surface area (Å²) >= 11 is 8.15. The number of phenols is 1. The Kier molecular flexibility index (Phi) is 4.23. The number of benzene rings is 2. The maximum Gasteiger partial charge on any atom is 0.282 e. The van der Waals surface area contributed by atoms with E-state index in [4.69, 9.17) is 16.0 Å². The molecule has 0 saturated heterocycles. The van der Waals surface area contributed by atoms with Gasteiger partial charge in [-0.2, -0.15) is 0 Å². The second-order valence-electron chi connectivity index (χ2n) is 6.38. The minimum atomic E-state index is -0.296. The number of nitrogens with zero attached hydrogens (tertiary/aromatic N) is 2. The molecular weight excluding hydrogens is 408 g/mol. The smallest absolute Gasteiger partial charge is 0.282 e. The summed E-state index contributed by atoms with van der Waals surface area (Å²) in [5.41, 5.74) is 0.833. The van der Waals surface area contributed by atoms with E-state index in [1.54, 1.807) is 30.3 Å². The lowest BCUT2D eigenvalue weighted by molar-refractivity contribution is -0.113. The van der Waals surface area contributed by atoms with Crippen LogP contribution in [0.15, 0.2) is 82.0 Å². The first-order valence-electron chi connectivity index (χ1n) is 8.76. The molecule has 1 aliphatic heterocycles. The Morgan fingerprint density at radius 3 is 2.59 bits per heavy atom. The van der Waals surface area contributed by atoms with Crippen LogP contribution in [-0.4, -0.2) is 16.8 Å². The molecule has 0 bridgehead atoms. The highest BCUT2D eigenvalue weighted by Crippen LogP contribution is 2.39. The molecule has 29 heavy (non-hydrogen) atoms. The third kappa shape index (κ3) is 3.03.